The number of nitrogens with one attached hydrogen (secondary N) is 1. The molecule has 1 aliphatic heterocycles. The maximum Gasteiger partial charge on any atom is 0.220 e. The Balaban J connectivity index is 1.20. The molecule has 0 saturated heterocycles. The van der Waals surface area contributed by atoms with Crippen LogP contribution in [0.2, 0.25) is 0 Å². The molecule has 4 aliphatic carbocycles. The van der Waals surface area contributed by atoms with Crippen LogP contribution in [0.4, 0.5) is 0 Å². The predicted octanol–water partition coefficient (Wildman–Crippen LogP) is 5.08. The molecule has 43 heavy (non-hydrogen) atoms. The van der Waals surface area contributed by atoms with Crippen LogP contribution in [-0.4, -0.2) is 63.6 Å². The molecular weight excluding hydrogens is 548 g/mol. The van der Waals surface area contributed by atoms with Gasteiger partial charge in [-0.05, 0) is 123 Å². The standard InChI is InChI=1S/C32H52N6O5/c1-18(5-8-26(41)35-24(11-15-32(4)36-37-32)25(40)12-16-34-38-33)20-6-7-21-27-22(10-14-30(20,21)2)31(3)13-9-19(39)17-23(31)28(42)29(27)43/h18-24,27-29,39,42-43H,5-17H2,1-4H3,(H,35,41)/t18-,19-,20-,21+,22+,23+,24?,27+,28?,29?,30-,31-/m1/s1. The van der Waals surface area contributed by atoms with E-state index in [2.05, 4.69) is 46.3 Å². The van der Waals surface area contributed by atoms with Gasteiger partial charge in [0.2, 0.25) is 5.91 Å². The first-order chi connectivity index (χ1) is 20.3. The van der Waals surface area contributed by atoms with Gasteiger partial charge in [0.15, 0.2) is 11.4 Å². The molecular formula is C32H52N6O5. The molecule has 0 aromatic carbocycles. The summed E-state index contributed by atoms with van der Waals surface area (Å²) in [7, 11) is 0. The lowest BCUT2D eigenvalue weighted by Crippen LogP contribution is -2.64. The zero-order chi connectivity index (χ0) is 31.2. The topological polar surface area (TPSA) is 180 Å². The largest absolute Gasteiger partial charge is 0.393 e. The van der Waals surface area contributed by atoms with E-state index in [9.17, 15) is 24.9 Å². The SMILES string of the molecule is C[C@H](CCC(=O)NC(CCC1(C)N=N1)C(=O)CCN=[N+]=[N-])[C@H]1CC[C@H]2[C@@H]3C(O)C(O)[C@@H]4C[C@H](O)CC[C@]4(C)[C@H]3CC[C@]12C. The number of Topliss-reactive ketones (excluding diaryl/α,β-unsaturated/α-hetero) is 1. The van der Waals surface area contributed by atoms with E-state index in [4.69, 9.17) is 5.53 Å². The summed E-state index contributed by atoms with van der Waals surface area (Å²) in [6, 6.07) is -0.645. The minimum absolute atomic E-state index is 0.0433. The molecule has 1 heterocycles. The van der Waals surface area contributed by atoms with E-state index in [1.807, 2.05) is 6.92 Å². The molecule has 4 N–H and O–H groups in total. The Labute approximate surface area is 255 Å². The first-order valence-electron chi connectivity index (χ1n) is 16.6. The van der Waals surface area contributed by atoms with Crippen LogP contribution >= 0.6 is 0 Å². The molecule has 240 valence electrons. The lowest BCUT2D eigenvalue weighted by atomic mass is 9.43. The van der Waals surface area contributed by atoms with Crippen molar-refractivity contribution in [3.05, 3.63) is 10.4 Å². The number of carbonyl (C=O) groups is 2. The third-order valence-electron chi connectivity index (χ3n) is 12.9. The van der Waals surface area contributed by atoms with Crippen molar-refractivity contribution in [1.82, 2.24) is 5.32 Å². The maximum atomic E-state index is 13.1. The number of azide groups is 1. The van der Waals surface area contributed by atoms with Gasteiger partial charge in [-0.1, -0.05) is 25.9 Å². The van der Waals surface area contributed by atoms with Gasteiger partial charge in [0, 0.05) is 24.3 Å². The van der Waals surface area contributed by atoms with E-state index in [1.54, 1.807) is 0 Å². The van der Waals surface area contributed by atoms with E-state index in [-0.39, 0.29) is 47.3 Å². The molecule has 4 saturated carbocycles. The van der Waals surface area contributed by atoms with Crippen LogP contribution in [-0.2, 0) is 9.59 Å². The average Bonchev–Trinajstić information content (AvgIpc) is 3.60. The van der Waals surface area contributed by atoms with Crippen LogP contribution in [0.25, 0.3) is 10.4 Å². The number of hydrogen-bond donors (Lipinski definition) is 4. The van der Waals surface area contributed by atoms with Crippen molar-refractivity contribution >= 4 is 11.7 Å². The van der Waals surface area contributed by atoms with Crippen LogP contribution in [0.5, 0.6) is 0 Å². The van der Waals surface area contributed by atoms with Crippen LogP contribution < -0.4 is 5.32 Å². The molecule has 3 unspecified atom stereocenters. The van der Waals surface area contributed by atoms with Crippen molar-refractivity contribution in [1.29, 1.82) is 0 Å². The van der Waals surface area contributed by atoms with Gasteiger partial charge in [0.05, 0.1) is 24.4 Å². The summed E-state index contributed by atoms with van der Waals surface area (Å²) in [5, 5.41) is 47.7. The molecule has 0 spiro atoms. The van der Waals surface area contributed by atoms with Crippen molar-refractivity contribution in [3.63, 3.8) is 0 Å². The van der Waals surface area contributed by atoms with Gasteiger partial charge in [-0.3, -0.25) is 9.59 Å². The maximum absolute atomic E-state index is 13.1. The van der Waals surface area contributed by atoms with Gasteiger partial charge < -0.3 is 20.6 Å². The van der Waals surface area contributed by atoms with Crippen molar-refractivity contribution in [2.24, 2.45) is 61.7 Å². The Morgan fingerprint density at radius 3 is 2.35 bits per heavy atom. The zero-order valence-corrected chi connectivity index (χ0v) is 26.4. The van der Waals surface area contributed by atoms with E-state index < -0.39 is 30.0 Å². The number of carbonyl (C=O) groups excluding carboxylic acids is 2. The van der Waals surface area contributed by atoms with E-state index in [0.29, 0.717) is 49.4 Å². The van der Waals surface area contributed by atoms with Crippen molar-refractivity contribution in [2.45, 2.75) is 135 Å². The van der Waals surface area contributed by atoms with E-state index in [1.165, 1.54) is 0 Å². The minimum Gasteiger partial charge on any atom is -0.393 e. The first kappa shape index (κ1) is 32.3. The summed E-state index contributed by atoms with van der Waals surface area (Å²) in [6.07, 6.45) is 6.67. The molecule has 0 aromatic heterocycles. The molecule has 5 rings (SSSR count). The summed E-state index contributed by atoms with van der Waals surface area (Å²) in [6.45, 7) is 8.89. The van der Waals surface area contributed by atoms with Crippen LogP contribution in [0, 0.1) is 46.3 Å². The lowest BCUT2D eigenvalue weighted by molar-refractivity contribution is -0.223. The van der Waals surface area contributed by atoms with Gasteiger partial charge in [-0.15, -0.1) is 0 Å². The van der Waals surface area contributed by atoms with Gasteiger partial charge in [0.1, 0.15) is 0 Å². The van der Waals surface area contributed by atoms with Gasteiger partial charge in [-0.25, -0.2) is 0 Å². The highest BCUT2D eigenvalue weighted by Gasteiger charge is 2.65. The molecule has 5 aliphatic rings. The van der Waals surface area contributed by atoms with Crippen LogP contribution in [0.1, 0.15) is 105 Å². The molecule has 0 bridgehead atoms. The Morgan fingerprint density at radius 2 is 1.65 bits per heavy atom. The summed E-state index contributed by atoms with van der Waals surface area (Å²) in [5.41, 5.74) is 8.08. The van der Waals surface area contributed by atoms with Gasteiger partial charge in [-0.2, -0.15) is 10.2 Å². The van der Waals surface area contributed by atoms with Crippen molar-refractivity contribution < 1.29 is 24.9 Å². The van der Waals surface area contributed by atoms with Crippen LogP contribution in [0.15, 0.2) is 15.3 Å². The highest BCUT2D eigenvalue weighted by Crippen LogP contribution is 2.68. The molecule has 0 radical (unpaired) electrons. The number of hydrogen-bond acceptors (Lipinski definition) is 8. The number of nitrogens with zero attached hydrogens (tertiary/aromatic N) is 5. The summed E-state index contributed by atoms with van der Waals surface area (Å²) in [4.78, 5) is 28.6. The van der Waals surface area contributed by atoms with Crippen LogP contribution in [0.3, 0.4) is 0 Å². The fourth-order valence-electron chi connectivity index (χ4n) is 10.3. The number of fused-ring (bicyclic) bond motifs is 5. The smallest absolute Gasteiger partial charge is 0.220 e. The van der Waals surface area contributed by atoms with Gasteiger partial charge >= 0.3 is 0 Å². The number of aliphatic hydroxyl groups is 3. The second-order valence-corrected chi connectivity index (χ2v) is 15.3. The number of ketones is 1. The fraction of sp³-hybridized carbons (Fsp3) is 0.938. The Bertz CT molecular complexity index is 1140. The van der Waals surface area contributed by atoms with E-state index >= 15 is 0 Å². The third-order valence-corrected chi connectivity index (χ3v) is 12.9. The summed E-state index contributed by atoms with van der Waals surface area (Å²) in [5.74, 6) is 1.14. The second-order valence-electron chi connectivity index (χ2n) is 15.3. The quantitative estimate of drug-likeness (QED) is 0.138. The molecule has 1 amide bonds. The first-order valence-corrected chi connectivity index (χ1v) is 16.6. The third kappa shape index (κ3) is 6.24. The molecule has 11 heteroatoms. The highest BCUT2D eigenvalue weighted by atomic mass is 16.3. The normalized spacial score (nSPS) is 42.0. The summed E-state index contributed by atoms with van der Waals surface area (Å²) < 4.78 is 0. The Morgan fingerprint density at radius 1 is 0.953 bits per heavy atom. The predicted molar refractivity (Wildman–Crippen MR) is 160 cm³/mol. The molecule has 12 atom stereocenters. The van der Waals surface area contributed by atoms with E-state index in [0.717, 1.165) is 44.9 Å². The molecule has 0 aromatic rings. The summed E-state index contributed by atoms with van der Waals surface area (Å²) >= 11 is 0. The number of amides is 1. The minimum atomic E-state index is -0.795. The van der Waals surface area contributed by atoms with Gasteiger partial charge in [0.25, 0.3) is 0 Å². The molecule has 4 fully saturated rings. The lowest BCUT2D eigenvalue weighted by Gasteiger charge is -2.63. The monoisotopic (exact) mass is 600 g/mol. The Hall–Kier alpha value is -2.07. The second kappa shape index (κ2) is 12.4. The van der Waals surface area contributed by atoms with Crippen molar-refractivity contribution in [2.75, 3.05) is 6.54 Å². The Kier molecular flexibility index (Phi) is 9.30. The highest BCUT2D eigenvalue weighted by molar-refractivity contribution is 5.89. The number of rotatable bonds is 12. The molecule has 11 nitrogen and oxygen atoms in total. The van der Waals surface area contributed by atoms with Crippen molar-refractivity contribution in [3.8, 4) is 0 Å². The fourth-order valence-corrected chi connectivity index (χ4v) is 10.3. The average molecular weight is 601 g/mol. The zero-order valence-electron chi connectivity index (χ0n) is 26.4. The number of aliphatic hydroxyl groups excluding tert-OH is 3.